The number of carbonyl (C=O) groups excluding carboxylic acids is 2. The first-order valence-corrected chi connectivity index (χ1v) is 9.58. The monoisotopic (exact) mass is 383 g/mol. The summed E-state index contributed by atoms with van der Waals surface area (Å²) in [6, 6.07) is 20.9. The van der Waals surface area contributed by atoms with Crippen molar-refractivity contribution in [2.24, 2.45) is 0 Å². The minimum Gasteiger partial charge on any atom is -0.342 e. The van der Waals surface area contributed by atoms with E-state index in [4.69, 9.17) is 5.26 Å². The molecule has 0 spiro atoms. The minimum atomic E-state index is -0.452. The van der Waals surface area contributed by atoms with Gasteiger partial charge in [-0.1, -0.05) is 30.3 Å². The summed E-state index contributed by atoms with van der Waals surface area (Å²) in [4.78, 5) is 28.5. The van der Waals surface area contributed by atoms with Crippen LogP contribution in [0.25, 0.3) is 21.9 Å². The fourth-order valence-electron chi connectivity index (χ4n) is 3.78. The third kappa shape index (κ3) is 3.45. The van der Waals surface area contributed by atoms with Gasteiger partial charge in [-0.15, -0.1) is 0 Å². The second-order valence-corrected chi connectivity index (χ2v) is 7.40. The molecule has 5 nitrogen and oxygen atoms in total. The van der Waals surface area contributed by atoms with Crippen LogP contribution in [0.1, 0.15) is 22.8 Å². The maximum absolute atomic E-state index is 13.0. The van der Waals surface area contributed by atoms with Gasteiger partial charge in [-0.3, -0.25) is 9.59 Å². The zero-order chi connectivity index (χ0) is 20.5. The van der Waals surface area contributed by atoms with E-state index < -0.39 is 6.04 Å². The molecule has 0 aromatic heterocycles. The van der Waals surface area contributed by atoms with Crippen molar-refractivity contribution in [1.29, 1.82) is 5.26 Å². The fourth-order valence-corrected chi connectivity index (χ4v) is 3.78. The maximum atomic E-state index is 13.0. The number of hydrogen-bond acceptors (Lipinski definition) is 3. The fraction of sp³-hybridized carbons (Fsp3) is 0.208. The molecule has 1 unspecified atom stereocenters. The molecule has 3 aromatic carbocycles. The van der Waals surface area contributed by atoms with Crippen molar-refractivity contribution in [2.75, 3.05) is 20.1 Å². The van der Waals surface area contributed by atoms with Crippen molar-refractivity contribution in [1.82, 2.24) is 9.80 Å². The number of nitrogens with zero attached hydrogens (tertiary/aromatic N) is 3. The van der Waals surface area contributed by atoms with E-state index in [0.717, 1.165) is 21.9 Å². The lowest BCUT2D eigenvalue weighted by Crippen LogP contribution is -2.56. The van der Waals surface area contributed by atoms with Crippen molar-refractivity contribution < 1.29 is 9.59 Å². The molecule has 1 heterocycles. The Balaban J connectivity index is 1.64. The van der Waals surface area contributed by atoms with E-state index in [0.29, 0.717) is 24.2 Å². The topological polar surface area (TPSA) is 64.4 Å². The number of carbonyl (C=O) groups is 2. The lowest BCUT2D eigenvalue weighted by Gasteiger charge is -2.37. The van der Waals surface area contributed by atoms with Gasteiger partial charge in [0, 0.05) is 25.7 Å². The Morgan fingerprint density at radius 2 is 1.72 bits per heavy atom. The number of fused-ring (bicyclic) bond motifs is 1. The molecular weight excluding hydrogens is 362 g/mol. The van der Waals surface area contributed by atoms with Gasteiger partial charge in [0.2, 0.25) is 5.91 Å². The van der Waals surface area contributed by atoms with Gasteiger partial charge in [-0.2, -0.15) is 5.26 Å². The smallest absolute Gasteiger partial charge is 0.254 e. The van der Waals surface area contributed by atoms with Gasteiger partial charge >= 0.3 is 0 Å². The van der Waals surface area contributed by atoms with Crippen LogP contribution in [-0.2, 0) is 4.79 Å². The average Bonchev–Trinajstić information content (AvgIpc) is 2.76. The van der Waals surface area contributed by atoms with Crippen LogP contribution >= 0.6 is 0 Å². The summed E-state index contributed by atoms with van der Waals surface area (Å²) in [6.07, 6.45) is 0. The summed E-state index contributed by atoms with van der Waals surface area (Å²) in [5.41, 5.74) is 3.21. The first-order chi connectivity index (χ1) is 14.0. The largest absolute Gasteiger partial charge is 0.342 e. The third-order valence-corrected chi connectivity index (χ3v) is 5.55. The SMILES string of the molecule is CC1C(=O)N(C)CCN1C(=O)c1ccc2cc(-c3cccc(C#N)c3)ccc2c1. The van der Waals surface area contributed by atoms with Crippen LogP contribution in [0.4, 0.5) is 0 Å². The zero-order valence-corrected chi connectivity index (χ0v) is 16.4. The number of benzene rings is 3. The number of amides is 2. The molecule has 29 heavy (non-hydrogen) atoms. The molecule has 1 atom stereocenters. The Bertz CT molecular complexity index is 1160. The molecule has 4 rings (SSSR count). The molecule has 1 fully saturated rings. The maximum Gasteiger partial charge on any atom is 0.254 e. The predicted molar refractivity (Wildman–Crippen MR) is 112 cm³/mol. The Kier molecular flexibility index (Phi) is 4.77. The first-order valence-electron chi connectivity index (χ1n) is 9.58. The molecule has 0 bridgehead atoms. The number of piperazine rings is 1. The zero-order valence-electron chi connectivity index (χ0n) is 16.4. The van der Waals surface area contributed by atoms with Crippen LogP contribution in [-0.4, -0.2) is 47.8 Å². The quantitative estimate of drug-likeness (QED) is 0.678. The summed E-state index contributed by atoms with van der Waals surface area (Å²) in [5.74, 6) is -0.152. The Morgan fingerprint density at radius 3 is 2.52 bits per heavy atom. The highest BCUT2D eigenvalue weighted by Crippen LogP contribution is 2.26. The second kappa shape index (κ2) is 7.40. The van der Waals surface area contributed by atoms with Crippen molar-refractivity contribution in [3.8, 4) is 17.2 Å². The molecule has 144 valence electrons. The van der Waals surface area contributed by atoms with Crippen LogP contribution < -0.4 is 0 Å². The Morgan fingerprint density at radius 1 is 1.00 bits per heavy atom. The van der Waals surface area contributed by atoms with Gasteiger partial charge in [-0.05, 0) is 59.2 Å². The lowest BCUT2D eigenvalue weighted by molar-refractivity contribution is -0.137. The van der Waals surface area contributed by atoms with Crippen LogP contribution in [0.3, 0.4) is 0 Å². The minimum absolute atomic E-state index is 0.0327. The van der Waals surface area contributed by atoms with E-state index in [2.05, 4.69) is 12.1 Å². The number of rotatable bonds is 2. The van der Waals surface area contributed by atoms with Gasteiger partial charge in [-0.25, -0.2) is 0 Å². The molecule has 2 amide bonds. The van der Waals surface area contributed by atoms with E-state index in [1.165, 1.54) is 0 Å². The van der Waals surface area contributed by atoms with Gasteiger partial charge in [0.15, 0.2) is 0 Å². The van der Waals surface area contributed by atoms with Crippen LogP contribution in [0, 0.1) is 11.3 Å². The van der Waals surface area contributed by atoms with E-state index in [-0.39, 0.29) is 11.8 Å². The lowest BCUT2D eigenvalue weighted by atomic mass is 9.98. The summed E-state index contributed by atoms with van der Waals surface area (Å²) < 4.78 is 0. The number of hydrogen-bond donors (Lipinski definition) is 0. The molecule has 3 aromatic rings. The highest BCUT2D eigenvalue weighted by Gasteiger charge is 2.32. The summed E-state index contributed by atoms with van der Waals surface area (Å²) in [7, 11) is 1.76. The van der Waals surface area contributed by atoms with Gasteiger partial charge < -0.3 is 9.80 Å². The number of likely N-dealkylation sites (N-methyl/N-ethyl adjacent to an activating group) is 1. The highest BCUT2D eigenvalue weighted by atomic mass is 16.2. The second-order valence-electron chi connectivity index (χ2n) is 7.40. The molecule has 1 aliphatic heterocycles. The molecule has 0 N–H and O–H groups in total. The van der Waals surface area contributed by atoms with E-state index in [1.54, 1.807) is 29.8 Å². The van der Waals surface area contributed by atoms with Crippen molar-refractivity contribution in [2.45, 2.75) is 13.0 Å². The van der Waals surface area contributed by atoms with Crippen molar-refractivity contribution >= 4 is 22.6 Å². The number of nitriles is 1. The van der Waals surface area contributed by atoms with Crippen LogP contribution in [0.2, 0.25) is 0 Å². The molecule has 0 radical (unpaired) electrons. The Hall–Kier alpha value is -3.65. The molecule has 0 aliphatic carbocycles. The van der Waals surface area contributed by atoms with Gasteiger partial charge in [0.1, 0.15) is 6.04 Å². The molecular formula is C24H21N3O2. The normalized spacial score (nSPS) is 16.7. The highest BCUT2D eigenvalue weighted by molar-refractivity contribution is 6.01. The van der Waals surface area contributed by atoms with Crippen molar-refractivity contribution in [3.63, 3.8) is 0 Å². The summed E-state index contributed by atoms with van der Waals surface area (Å²) in [6.45, 7) is 2.86. The van der Waals surface area contributed by atoms with E-state index in [1.807, 2.05) is 48.5 Å². The first kappa shape index (κ1) is 18.7. The van der Waals surface area contributed by atoms with E-state index >= 15 is 0 Å². The summed E-state index contributed by atoms with van der Waals surface area (Å²) in [5, 5.41) is 11.1. The Labute approximate surface area is 169 Å². The average molecular weight is 383 g/mol. The van der Waals surface area contributed by atoms with E-state index in [9.17, 15) is 9.59 Å². The standard InChI is InChI=1S/C24H21N3O2/c1-16-23(28)26(2)10-11-27(16)24(29)22-9-8-20-13-19(6-7-21(20)14-22)18-5-3-4-17(12-18)15-25/h3-9,12-14,16H,10-11H2,1-2H3. The molecule has 5 heteroatoms. The molecule has 0 saturated carbocycles. The predicted octanol–water partition coefficient (Wildman–Crippen LogP) is 3.68. The molecule has 1 saturated heterocycles. The summed E-state index contributed by atoms with van der Waals surface area (Å²) >= 11 is 0. The molecule has 1 aliphatic rings. The van der Waals surface area contributed by atoms with Crippen LogP contribution in [0.15, 0.2) is 60.7 Å². The third-order valence-electron chi connectivity index (χ3n) is 5.55. The van der Waals surface area contributed by atoms with Crippen LogP contribution in [0.5, 0.6) is 0 Å². The van der Waals surface area contributed by atoms with Crippen molar-refractivity contribution in [3.05, 3.63) is 71.8 Å². The van der Waals surface area contributed by atoms with Gasteiger partial charge in [0.05, 0.1) is 11.6 Å². The van der Waals surface area contributed by atoms with Gasteiger partial charge in [0.25, 0.3) is 5.91 Å².